The Morgan fingerprint density at radius 1 is 1.42 bits per heavy atom. The van der Waals surface area contributed by atoms with Crippen molar-refractivity contribution in [3.05, 3.63) is 36.0 Å². The fraction of sp³-hybridized carbons (Fsp3) is 0.357. The Hall–Kier alpha value is -1.88. The summed E-state index contributed by atoms with van der Waals surface area (Å²) in [4.78, 5) is 7.60. The van der Waals surface area contributed by atoms with Crippen LogP contribution in [-0.4, -0.2) is 23.1 Å². The van der Waals surface area contributed by atoms with E-state index in [4.69, 9.17) is 10.5 Å². The number of nitrogens with one attached hydrogen (secondary N) is 1. The van der Waals surface area contributed by atoms with Crippen molar-refractivity contribution in [3.8, 4) is 17.0 Å². The number of aromatic nitrogens is 2. The van der Waals surface area contributed by atoms with Crippen molar-refractivity contribution >= 4 is 0 Å². The topological polar surface area (TPSA) is 63.9 Å². The van der Waals surface area contributed by atoms with Crippen LogP contribution in [0.15, 0.2) is 24.4 Å². The van der Waals surface area contributed by atoms with Crippen LogP contribution in [0.1, 0.15) is 24.6 Å². The maximum Gasteiger partial charge on any atom is 0.165 e. The highest BCUT2D eigenvalue weighted by molar-refractivity contribution is 5.60. The second-order valence-corrected chi connectivity index (χ2v) is 4.96. The van der Waals surface area contributed by atoms with Gasteiger partial charge in [0.05, 0.1) is 19.0 Å². The highest BCUT2D eigenvalue weighted by Crippen LogP contribution is 2.35. The molecule has 19 heavy (non-hydrogen) atoms. The predicted molar refractivity (Wildman–Crippen MR) is 70.5 cm³/mol. The Kier molecular flexibility index (Phi) is 2.98. The van der Waals surface area contributed by atoms with Crippen molar-refractivity contribution in [3.63, 3.8) is 0 Å². The Labute approximate surface area is 110 Å². The number of rotatable bonds is 3. The van der Waals surface area contributed by atoms with Crippen molar-refractivity contribution in [1.29, 1.82) is 0 Å². The van der Waals surface area contributed by atoms with Crippen molar-refractivity contribution in [2.45, 2.75) is 24.8 Å². The molecule has 0 aliphatic heterocycles. The van der Waals surface area contributed by atoms with Gasteiger partial charge in [-0.05, 0) is 31.0 Å². The molecular weight excluding hydrogens is 245 g/mol. The van der Waals surface area contributed by atoms with Gasteiger partial charge in [-0.25, -0.2) is 9.37 Å². The fourth-order valence-corrected chi connectivity index (χ4v) is 2.41. The van der Waals surface area contributed by atoms with Crippen LogP contribution in [0, 0.1) is 5.82 Å². The van der Waals surface area contributed by atoms with Crippen molar-refractivity contribution in [1.82, 2.24) is 9.97 Å². The molecule has 1 saturated carbocycles. The first-order valence-electron chi connectivity index (χ1n) is 6.31. The molecule has 100 valence electrons. The van der Waals surface area contributed by atoms with E-state index in [1.807, 2.05) is 6.07 Å². The van der Waals surface area contributed by atoms with Gasteiger partial charge in [0.2, 0.25) is 0 Å². The van der Waals surface area contributed by atoms with Crippen molar-refractivity contribution in [2.75, 3.05) is 7.11 Å². The molecule has 0 spiro atoms. The fourth-order valence-electron chi connectivity index (χ4n) is 2.41. The molecule has 3 rings (SSSR count). The monoisotopic (exact) mass is 261 g/mol. The van der Waals surface area contributed by atoms with Crippen molar-refractivity contribution in [2.24, 2.45) is 5.73 Å². The molecule has 5 heteroatoms. The summed E-state index contributed by atoms with van der Waals surface area (Å²) < 4.78 is 18.6. The summed E-state index contributed by atoms with van der Waals surface area (Å²) in [7, 11) is 1.45. The molecule has 1 aliphatic rings. The average molecular weight is 261 g/mol. The Morgan fingerprint density at radius 2 is 2.21 bits per heavy atom. The molecule has 4 nitrogen and oxygen atoms in total. The third kappa shape index (κ3) is 2.21. The standard InChI is InChI=1S/C14H16FN3O/c1-19-13-3-2-8(6-11(13)15)12-7-17-14(18-12)9-4-10(16)5-9/h2-3,6-7,9-10H,4-5,16H2,1H3,(H,17,18). The number of benzene rings is 1. The molecule has 1 fully saturated rings. The number of nitrogens with two attached hydrogens (primary N) is 1. The molecule has 0 amide bonds. The molecule has 0 unspecified atom stereocenters. The third-order valence-corrected chi connectivity index (χ3v) is 3.62. The number of imidazole rings is 1. The average Bonchev–Trinajstić information content (AvgIpc) is 2.84. The molecule has 1 aromatic heterocycles. The number of halogens is 1. The summed E-state index contributed by atoms with van der Waals surface area (Å²) in [6.45, 7) is 0. The molecule has 0 atom stereocenters. The molecule has 1 heterocycles. The number of methoxy groups -OCH3 is 1. The number of nitrogens with zero attached hydrogens (tertiary/aromatic N) is 1. The third-order valence-electron chi connectivity index (χ3n) is 3.62. The van der Waals surface area contributed by atoms with E-state index in [0.717, 1.165) is 29.9 Å². The SMILES string of the molecule is COc1ccc(-c2cnc(C3CC(N)C3)[nH]2)cc1F. The largest absolute Gasteiger partial charge is 0.494 e. The van der Waals surface area contributed by atoms with Gasteiger partial charge in [-0.2, -0.15) is 0 Å². The molecule has 1 aliphatic carbocycles. The second-order valence-electron chi connectivity index (χ2n) is 4.96. The zero-order valence-corrected chi connectivity index (χ0v) is 10.7. The van der Waals surface area contributed by atoms with Gasteiger partial charge >= 0.3 is 0 Å². The zero-order chi connectivity index (χ0) is 13.4. The van der Waals surface area contributed by atoms with E-state index in [2.05, 4.69) is 9.97 Å². The van der Waals surface area contributed by atoms with Gasteiger partial charge in [0.15, 0.2) is 11.6 Å². The molecule has 1 aromatic carbocycles. The Morgan fingerprint density at radius 3 is 2.84 bits per heavy atom. The molecule has 0 saturated heterocycles. The van der Waals surface area contributed by atoms with Crippen LogP contribution >= 0.6 is 0 Å². The first-order valence-corrected chi connectivity index (χ1v) is 6.31. The first kappa shape index (κ1) is 12.2. The van der Waals surface area contributed by atoms with Gasteiger partial charge in [0, 0.05) is 17.5 Å². The first-order chi connectivity index (χ1) is 9.17. The Bertz CT molecular complexity index is 590. The maximum absolute atomic E-state index is 13.7. The quantitative estimate of drug-likeness (QED) is 0.892. The maximum atomic E-state index is 13.7. The summed E-state index contributed by atoms with van der Waals surface area (Å²) in [5.41, 5.74) is 7.35. The van der Waals surface area contributed by atoms with E-state index in [9.17, 15) is 4.39 Å². The van der Waals surface area contributed by atoms with E-state index in [-0.39, 0.29) is 17.6 Å². The van der Waals surface area contributed by atoms with Crippen LogP contribution in [-0.2, 0) is 0 Å². The predicted octanol–water partition coefficient (Wildman–Crippen LogP) is 2.43. The van der Waals surface area contributed by atoms with Gasteiger partial charge in [0.1, 0.15) is 5.82 Å². The van der Waals surface area contributed by atoms with E-state index < -0.39 is 0 Å². The Balaban J connectivity index is 1.84. The highest BCUT2D eigenvalue weighted by atomic mass is 19.1. The van der Waals surface area contributed by atoms with Crippen LogP contribution in [0.3, 0.4) is 0 Å². The minimum atomic E-state index is -0.373. The van der Waals surface area contributed by atoms with Gasteiger partial charge in [-0.3, -0.25) is 0 Å². The molecule has 0 radical (unpaired) electrons. The minimum absolute atomic E-state index is 0.244. The summed E-state index contributed by atoms with van der Waals surface area (Å²) in [6.07, 6.45) is 3.66. The number of hydrogen-bond donors (Lipinski definition) is 2. The molecule has 2 aromatic rings. The lowest BCUT2D eigenvalue weighted by molar-refractivity contribution is 0.340. The summed E-state index contributed by atoms with van der Waals surface area (Å²) >= 11 is 0. The summed E-state index contributed by atoms with van der Waals surface area (Å²) in [5.74, 6) is 1.22. The minimum Gasteiger partial charge on any atom is -0.494 e. The van der Waals surface area contributed by atoms with Gasteiger partial charge in [-0.1, -0.05) is 0 Å². The van der Waals surface area contributed by atoms with Crippen molar-refractivity contribution < 1.29 is 9.13 Å². The lowest BCUT2D eigenvalue weighted by atomic mass is 9.80. The number of H-pyrrole nitrogens is 1. The van der Waals surface area contributed by atoms with E-state index in [0.29, 0.717) is 5.92 Å². The van der Waals surface area contributed by atoms with E-state index >= 15 is 0 Å². The number of aromatic amines is 1. The van der Waals surface area contributed by atoms with Crippen LogP contribution in [0.2, 0.25) is 0 Å². The van der Waals surface area contributed by atoms with Crippen LogP contribution in [0.5, 0.6) is 5.75 Å². The summed E-state index contributed by atoms with van der Waals surface area (Å²) in [6, 6.07) is 5.16. The molecule has 0 bridgehead atoms. The zero-order valence-electron chi connectivity index (χ0n) is 10.7. The smallest absolute Gasteiger partial charge is 0.165 e. The number of ether oxygens (including phenoxy) is 1. The molecular formula is C14H16FN3O. The summed E-state index contributed by atoms with van der Waals surface area (Å²) in [5, 5.41) is 0. The molecule has 3 N–H and O–H groups in total. The highest BCUT2D eigenvalue weighted by Gasteiger charge is 2.29. The van der Waals surface area contributed by atoms with E-state index in [1.165, 1.54) is 13.2 Å². The van der Waals surface area contributed by atoms with Gasteiger partial charge in [-0.15, -0.1) is 0 Å². The van der Waals surface area contributed by atoms with Crippen LogP contribution < -0.4 is 10.5 Å². The van der Waals surface area contributed by atoms with Crippen LogP contribution in [0.4, 0.5) is 4.39 Å². The normalized spacial score (nSPS) is 22.1. The van der Waals surface area contributed by atoms with Crippen LogP contribution in [0.25, 0.3) is 11.3 Å². The van der Waals surface area contributed by atoms with Gasteiger partial charge in [0.25, 0.3) is 0 Å². The lowest BCUT2D eigenvalue weighted by Crippen LogP contribution is -2.35. The number of hydrogen-bond acceptors (Lipinski definition) is 3. The second kappa shape index (κ2) is 4.66. The van der Waals surface area contributed by atoms with Gasteiger partial charge < -0.3 is 15.5 Å². The van der Waals surface area contributed by atoms with E-state index in [1.54, 1.807) is 12.3 Å². The lowest BCUT2D eigenvalue weighted by Gasteiger charge is -2.30.